The second-order valence-electron chi connectivity index (χ2n) is 6.23. The normalized spacial score (nSPS) is 22.6. The highest BCUT2D eigenvalue weighted by molar-refractivity contribution is 9.09. The van der Waals surface area contributed by atoms with Gasteiger partial charge in [-0.25, -0.2) is 12.7 Å². The number of hydrogen-bond donors (Lipinski definition) is 0. The van der Waals surface area contributed by atoms with Crippen molar-refractivity contribution < 1.29 is 8.42 Å². The van der Waals surface area contributed by atoms with Crippen molar-refractivity contribution in [1.29, 1.82) is 0 Å². The molecule has 0 saturated carbocycles. The van der Waals surface area contributed by atoms with Crippen molar-refractivity contribution in [2.24, 2.45) is 11.3 Å². The number of piperidine rings is 1. The lowest BCUT2D eigenvalue weighted by Gasteiger charge is -2.34. The van der Waals surface area contributed by atoms with Gasteiger partial charge in [-0.15, -0.1) is 0 Å². The van der Waals surface area contributed by atoms with E-state index in [2.05, 4.69) is 22.9 Å². The van der Waals surface area contributed by atoms with Gasteiger partial charge in [0.15, 0.2) is 0 Å². The second-order valence-corrected chi connectivity index (χ2v) is 9.64. The van der Waals surface area contributed by atoms with Crippen molar-refractivity contribution in [2.45, 2.75) is 45.4 Å². The summed E-state index contributed by atoms with van der Waals surface area (Å²) in [6, 6.07) is 0. The van der Waals surface area contributed by atoms with E-state index < -0.39 is 10.0 Å². The fourth-order valence-corrected chi connectivity index (χ4v) is 4.82. The third kappa shape index (κ3) is 4.87. The smallest absolute Gasteiger partial charge is 0.212 e. The lowest BCUT2D eigenvalue weighted by Crippen LogP contribution is -2.43. The zero-order valence-electron chi connectivity index (χ0n) is 11.2. The maximum Gasteiger partial charge on any atom is 0.214 e. The van der Waals surface area contributed by atoms with Crippen LogP contribution in [0.4, 0.5) is 0 Å². The van der Waals surface area contributed by atoms with Crippen LogP contribution < -0.4 is 0 Å². The van der Waals surface area contributed by atoms with E-state index in [1.54, 1.807) is 4.31 Å². The van der Waals surface area contributed by atoms with E-state index in [1.807, 2.05) is 20.8 Å². The molecule has 1 aliphatic rings. The van der Waals surface area contributed by atoms with Crippen molar-refractivity contribution in [3.63, 3.8) is 0 Å². The lowest BCUT2D eigenvalue weighted by molar-refractivity contribution is 0.271. The van der Waals surface area contributed by atoms with Gasteiger partial charge in [-0.3, -0.25) is 0 Å². The Morgan fingerprint density at radius 1 is 1.29 bits per heavy atom. The van der Waals surface area contributed by atoms with Crippen LogP contribution in [0.2, 0.25) is 0 Å². The summed E-state index contributed by atoms with van der Waals surface area (Å²) in [5.74, 6) is 0.852. The van der Waals surface area contributed by atoms with Crippen molar-refractivity contribution in [3.05, 3.63) is 0 Å². The predicted octanol–water partition coefficient (Wildman–Crippen LogP) is 2.86. The van der Waals surface area contributed by atoms with Gasteiger partial charge < -0.3 is 0 Å². The third-order valence-electron chi connectivity index (χ3n) is 3.16. The van der Waals surface area contributed by atoms with Crippen LogP contribution in [-0.2, 0) is 10.0 Å². The van der Waals surface area contributed by atoms with Gasteiger partial charge in [0.2, 0.25) is 10.0 Å². The molecule has 0 amide bonds. The van der Waals surface area contributed by atoms with Gasteiger partial charge in [-0.2, -0.15) is 0 Å². The van der Waals surface area contributed by atoms with E-state index in [-0.39, 0.29) is 11.2 Å². The van der Waals surface area contributed by atoms with Crippen molar-refractivity contribution in [2.75, 3.05) is 18.8 Å². The Morgan fingerprint density at radius 3 is 2.12 bits per heavy atom. The maximum atomic E-state index is 12.2. The zero-order valence-corrected chi connectivity index (χ0v) is 13.6. The minimum absolute atomic E-state index is 0.168. The third-order valence-corrected chi connectivity index (χ3v) is 6.29. The monoisotopic (exact) mass is 325 g/mol. The van der Waals surface area contributed by atoms with Crippen molar-refractivity contribution in [1.82, 2.24) is 4.31 Å². The molecule has 1 unspecified atom stereocenters. The highest BCUT2D eigenvalue weighted by Gasteiger charge is 2.32. The number of hydrogen-bond acceptors (Lipinski definition) is 2. The van der Waals surface area contributed by atoms with E-state index in [0.29, 0.717) is 23.8 Å². The molecule has 0 N–H and O–H groups in total. The number of alkyl halides is 1. The Bertz CT molecular complexity index is 338. The van der Waals surface area contributed by atoms with E-state index in [9.17, 15) is 8.42 Å². The molecule has 17 heavy (non-hydrogen) atoms. The summed E-state index contributed by atoms with van der Waals surface area (Å²) in [6.07, 6.45) is 1.94. The molecular formula is C12H24BrNO2S. The molecule has 3 nitrogen and oxygen atoms in total. The van der Waals surface area contributed by atoms with Crippen LogP contribution in [0, 0.1) is 11.3 Å². The molecule has 0 aromatic rings. The number of sulfonamides is 1. The first kappa shape index (κ1) is 15.4. The van der Waals surface area contributed by atoms with Gasteiger partial charge in [-0.05, 0) is 24.2 Å². The SMILES string of the molecule is CC(Br)C1CCN(S(=O)(=O)CC(C)(C)C)CC1. The molecular weight excluding hydrogens is 302 g/mol. The molecule has 1 rings (SSSR count). The highest BCUT2D eigenvalue weighted by atomic mass is 79.9. The first-order chi connectivity index (χ1) is 7.62. The number of nitrogens with zero attached hydrogens (tertiary/aromatic N) is 1. The van der Waals surface area contributed by atoms with E-state index in [0.717, 1.165) is 12.8 Å². The number of rotatable bonds is 3. The van der Waals surface area contributed by atoms with Gasteiger partial charge in [0.25, 0.3) is 0 Å². The molecule has 1 atom stereocenters. The number of halogens is 1. The Labute approximate surface area is 114 Å². The molecule has 0 spiro atoms. The van der Waals surface area contributed by atoms with Crippen LogP contribution >= 0.6 is 15.9 Å². The second kappa shape index (κ2) is 5.57. The Morgan fingerprint density at radius 2 is 1.76 bits per heavy atom. The molecule has 0 radical (unpaired) electrons. The Kier molecular flexibility index (Phi) is 5.07. The summed E-state index contributed by atoms with van der Waals surface area (Å²) in [7, 11) is -3.07. The Hall–Kier alpha value is 0.390. The average molecular weight is 326 g/mol. The van der Waals surface area contributed by atoms with Gasteiger partial charge in [0.05, 0.1) is 5.75 Å². The van der Waals surface area contributed by atoms with Gasteiger partial charge in [0, 0.05) is 17.9 Å². The average Bonchev–Trinajstić information content (AvgIpc) is 2.14. The molecule has 0 aromatic carbocycles. The van der Waals surface area contributed by atoms with Crippen LogP contribution in [0.15, 0.2) is 0 Å². The molecule has 1 aliphatic heterocycles. The molecule has 1 saturated heterocycles. The maximum absolute atomic E-state index is 12.2. The quantitative estimate of drug-likeness (QED) is 0.748. The first-order valence-electron chi connectivity index (χ1n) is 6.24. The summed E-state index contributed by atoms with van der Waals surface area (Å²) >= 11 is 3.59. The summed E-state index contributed by atoms with van der Waals surface area (Å²) in [4.78, 5) is 0.481. The van der Waals surface area contributed by atoms with E-state index in [4.69, 9.17) is 0 Å². The molecule has 0 aliphatic carbocycles. The molecule has 0 aromatic heterocycles. The van der Waals surface area contributed by atoms with Crippen LogP contribution in [0.3, 0.4) is 0 Å². The fraction of sp³-hybridized carbons (Fsp3) is 1.00. The molecule has 5 heteroatoms. The van der Waals surface area contributed by atoms with Crippen LogP contribution in [0.1, 0.15) is 40.5 Å². The summed E-state index contributed by atoms with van der Waals surface area (Å²) in [5, 5.41) is 0. The largest absolute Gasteiger partial charge is 0.214 e. The standard InChI is InChI=1S/C12H24BrNO2S/c1-10(13)11-5-7-14(8-6-11)17(15,16)9-12(2,3)4/h10-11H,5-9H2,1-4H3. The van der Waals surface area contributed by atoms with Crippen LogP contribution in [-0.4, -0.2) is 36.4 Å². The molecule has 1 heterocycles. The lowest BCUT2D eigenvalue weighted by atomic mass is 9.96. The Balaban J connectivity index is 2.59. The van der Waals surface area contributed by atoms with Crippen LogP contribution in [0.25, 0.3) is 0 Å². The van der Waals surface area contributed by atoms with Crippen LogP contribution in [0.5, 0.6) is 0 Å². The highest BCUT2D eigenvalue weighted by Crippen LogP contribution is 2.28. The summed E-state index contributed by atoms with van der Waals surface area (Å²) in [5.41, 5.74) is -0.168. The zero-order chi connectivity index (χ0) is 13.3. The minimum Gasteiger partial charge on any atom is -0.212 e. The fourth-order valence-electron chi connectivity index (χ4n) is 2.25. The first-order valence-corrected chi connectivity index (χ1v) is 8.76. The van der Waals surface area contributed by atoms with Crippen molar-refractivity contribution in [3.8, 4) is 0 Å². The van der Waals surface area contributed by atoms with Gasteiger partial charge in [0.1, 0.15) is 0 Å². The summed E-state index contributed by atoms with van der Waals surface area (Å²) < 4.78 is 26.1. The minimum atomic E-state index is -3.07. The van der Waals surface area contributed by atoms with E-state index >= 15 is 0 Å². The molecule has 0 bridgehead atoms. The van der Waals surface area contributed by atoms with Gasteiger partial charge >= 0.3 is 0 Å². The summed E-state index contributed by atoms with van der Waals surface area (Å²) in [6.45, 7) is 9.41. The van der Waals surface area contributed by atoms with E-state index in [1.165, 1.54) is 0 Å². The molecule has 1 fully saturated rings. The predicted molar refractivity (Wildman–Crippen MR) is 75.9 cm³/mol. The van der Waals surface area contributed by atoms with Gasteiger partial charge in [-0.1, -0.05) is 43.6 Å². The topological polar surface area (TPSA) is 37.4 Å². The molecule has 102 valence electrons. The van der Waals surface area contributed by atoms with Crippen molar-refractivity contribution >= 4 is 26.0 Å².